The van der Waals surface area contributed by atoms with Gasteiger partial charge in [-0.3, -0.25) is 4.79 Å². The predicted octanol–water partition coefficient (Wildman–Crippen LogP) is 3.19. The molecule has 0 aliphatic rings. The zero-order chi connectivity index (χ0) is 14.2. The van der Waals surface area contributed by atoms with Crippen LogP contribution in [0.4, 0.5) is 0 Å². The van der Waals surface area contributed by atoms with Gasteiger partial charge in [0.1, 0.15) is 16.2 Å². The van der Waals surface area contributed by atoms with Crippen molar-refractivity contribution in [3.63, 3.8) is 0 Å². The molecule has 0 aliphatic carbocycles. The first-order chi connectivity index (χ1) is 8.81. The lowest BCUT2D eigenvalue weighted by atomic mass is 10.1. The molecule has 2 N–H and O–H groups in total. The second-order valence-corrected chi connectivity index (χ2v) is 6.25. The van der Waals surface area contributed by atoms with Crippen molar-refractivity contribution in [2.24, 2.45) is 5.73 Å². The van der Waals surface area contributed by atoms with Gasteiger partial charge < -0.3 is 15.2 Å². The first kappa shape index (κ1) is 13.7. The van der Waals surface area contributed by atoms with Gasteiger partial charge in [-0.1, -0.05) is 0 Å². The van der Waals surface area contributed by atoms with E-state index in [2.05, 4.69) is 0 Å². The summed E-state index contributed by atoms with van der Waals surface area (Å²) in [6.45, 7) is 5.80. The highest BCUT2D eigenvalue weighted by Crippen LogP contribution is 2.40. The van der Waals surface area contributed by atoms with E-state index in [0.29, 0.717) is 10.6 Å². The smallest absolute Gasteiger partial charge is 0.262 e. The van der Waals surface area contributed by atoms with Crippen molar-refractivity contribution in [2.45, 2.75) is 26.4 Å². The van der Waals surface area contributed by atoms with Gasteiger partial charge in [0.2, 0.25) is 0 Å². The number of carbonyl (C=O) groups excluding carboxylic acids is 1. The molecule has 1 aromatic heterocycles. The van der Waals surface area contributed by atoms with Crippen LogP contribution in [0.3, 0.4) is 0 Å². The number of nitrogens with two attached hydrogens (primary N) is 1. The Hall–Kier alpha value is -1.75. The molecule has 2 rings (SSSR count). The highest BCUT2D eigenvalue weighted by Gasteiger charge is 2.23. The van der Waals surface area contributed by atoms with Crippen molar-refractivity contribution in [3.8, 4) is 11.5 Å². The summed E-state index contributed by atoms with van der Waals surface area (Å²) in [6, 6.07) is 5.62. The minimum absolute atomic E-state index is 0.402. The fourth-order valence-corrected chi connectivity index (χ4v) is 2.71. The Balaban J connectivity index is 2.67. The fourth-order valence-electron chi connectivity index (χ4n) is 1.75. The van der Waals surface area contributed by atoms with Crippen molar-refractivity contribution >= 4 is 27.3 Å². The van der Waals surface area contributed by atoms with E-state index in [0.717, 1.165) is 15.8 Å². The van der Waals surface area contributed by atoms with Crippen LogP contribution in [-0.2, 0) is 0 Å². The summed E-state index contributed by atoms with van der Waals surface area (Å²) in [4.78, 5) is 12.0. The molecule has 19 heavy (non-hydrogen) atoms. The van der Waals surface area contributed by atoms with E-state index in [4.69, 9.17) is 15.2 Å². The number of amides is 1. The van der Waals surface area contributed by atoms with Crippen LogP contribution in [0.1, 0.15) is 30.4 Å². The fraction of sp³-hybridized carbons (Fsp3) is 0.357. The number of thiophene rings is 1. The summed E-state index contributed by atoms with van der Waals surface area (Å²) in [6.07, 6.45) is 0. The Morgan fingerprint density at radius 3 is 2.53 bits per heavy atom. The van der Waals surface area contributed by atoms with Crippen LogP contribution in [0.25, 0.3) is 10.1 Å². The minimum atomic E-state index is -0.473. The van der Waals surface area contributed by atoms with Crippen LogP contribution in [0, 0.1) is 0 Å². The molecule has 0 spiro atoms. The van der Waals surface area contributed by atoms with Crippen LogP contribution in [0.15, 0.2) is 18.2 Å². The van der Waals surface area contributed by atoms with Gasteiger partial charge in [-0.2, -0.15) is 0 Å². The summed E-state index contributed by atoms with van der Waals surface area (Å²) >= 11 is 1.34. The maximum atomic E-state index is 11.6. The lowest BCUT2D eigenvalue weighted by molar-refractivity contribution is 0.0986. The molecular weight excluding hydrogens is 262 g/mol. The average Bonchev–Trinajstić information content (AvgIpc) is 2.65. The van der Waals surface area contributed by atoms with Gasteiger partial charge in [-0.25, -0.2) is 0 Å². The third kappa shape index (κ3) is 2.81. The third-order valence-corrected chi connectivity index (χ3v) is 3.65. The van der Waals surface area contributed by atoms with Gasteiger partial charge in [-0.15, -0.1) is 11.3 Å². The van der Waals surface area contributed by atoms with Crippen molar-refractivity contribution < 1.29 is 14.3 Å². The molecule has 0 bridgehead atoms. The van der Waals surface area contributed by atoms with Crippen LogP contribution in [0.2, 0.25) is 0 Å². The molecule has 5 heteroatoms. The number of benzene rings is 1. The van der Waals surface area contributed by atoms with Crippen LogP contribution in [0.5, 0.6) is 11.5 Å². The Bertz CT molecular complexity index is 625. The number of hydrogen-bond donors (Lipinski definition) is 1. The summed E-state index contributed by atoms with van der Waals surface area (Å²) < 4.78 is 12.1. The van der Waals surface area contributed by atoms with E-state index in [9.17, 15) is 4.79 Å². The maximum absolute atomic E-state index is 11.6. The van der Waals surface area contributed by atoms with Gasteiger partial charge in [0.15, 0.2) is 5.75 Å². The Morgan fingerprint density at radius 2 is 2.00 bits per heavy atom. The van der Waals surface area contributed by atoms with E-state index in [1.165, 1.54) is 11.3 Å². The van der Waals surface area contributed by atoms with Gasteiger partial charge in [-0.05, 0) is 39.0 Å². The number of methoxy groups -OCH3 is 1. The molecule has 2 aromatic rings. The standard InChI is InChI=1S/C14H17NO3S/c1-14(2,3)18-11-9-7-8(17-4)5-6-10(9)19-12(11)13(15)16/h5-7H,1-4H3,(H2,15,16). The first-order valence-electron chi connectivity index (χ1n) is 5.91. The quantitative estimate of drug-likeness (QED) is 0.938. The van der Waals surface area contributed by atoms with Crippen molar-refractivity contribution in [1.82, 2.24) is 0 Å². The molecule has 0 fully saturated rings. The van der Waals surface area contributed by atoms with Crippen LogP contribution >= 0.6 is 11.3 Å². The summed E-state index contributed by atoms with van der Waals surface area (Å²) in [5, 5.41) is 0.855. The second-order valence-electron chi connectivity index (χ2n) is 5.20. The molecule has 1 amide bonds. The number of rotatable bonds is 3. The topological polar surface area (TPSA) is 61.5 Å². The predicted molar refractivity (Wildman–Crippen MR) is 77.3 cm³/mol. The lowest BCUT2D eigenvalue weighted by Crippen LogP contribution is -2.24. The highest BCUT2D eigenvalue weighted by molar-refractivity contribution is 7.21. The van der Waals surface area contributed by atoms with E-state index in [1.54, 1.807) is 7.11 Å². The summed E-state index contributed by atoms with van der Waals surface area (Å²) in [7, 11) is 1.60. The SMILES string of the molecule is COc1ccc2sc(C(N)=O)c(OC(C)(C)C)c2c1. The van der Waals surface area contributed by atoms with Gasteiger partial charge >= 0.3 is 0 Å². The lowest BCUT2D eigenvalue weighted by Gasteiger charge is -2.21. The Labute approximate surface area is 116 Å². The van der Waals surface area contributed by atoms with Crippen molar-refractivity contribution in [1.29, 1.82) is 0 Å². The molecule has 0 unspecified atom stereocenters. The molecule has 1 heterocycles. The Morgan fingerprint density at radius 1 is 1.32 bits per heavy atom. The third-order valence-electron chi connectivity index (χ3n) is 2.48. The summed E-state index contributed by atoms with van der Waals surface area (Å²) in [5.74, 6) is 0.790. The maximum Gasteiger partial charge on any atom is 0.262 e. The molecule has 1 aromatic carbocycles. The molecular formula is C14H17NO3S. The minimum Gasteiger partial charge on any atom is -0.497 e. The van der Waals surface area contributed by atoms with Crippen LogP contribution in [-0.4, -0.2) is 18.6 Å². The van der Waals surface area contributed by atoms with Gasteiger partial charge in [0, 0.05) is 10.1 Å². The highest BCUT2D eigenvalue weighted by atomic mass is 32.1. The molecule has 0 saturated carbocycles. The Kier molecular flexibility index (Phi) is 3.41. The molecule has 4 nitrogen and oxygen atoms in total. The van der Waals surface area contributed by atoms with E-state index in [-0.39, 0.29) is 0 Å². The van der Waals surface area contributed by atoms with E-state index >= 15 is 0 Å². The van der Waals surface area contributed by atoms with Crippen molar-refractivity contribution in [3.05, 3.63) is 23.1 Å². The zero-order valence-corrected chi connectivity index (χ0v) is 12.3. The number of carbonyl (C=O) groups is 1. The largest absolute Gasteiger partial charge is 0.497 e. The number of fused-ring (bicyclic) bond motifs is 1. The molecule has 0 atom stereocenters. The normalized spacial score (nSPS) is 11.6. The van der Waals surface area contributed by atoms with Gasteiger partial charge in [0.25, 0.3) is 5.91 Å². The number of primary amides is 1. The van der Waals surface area contributed by atoms with E-state index < -0.39 is 11.5 Å². The zero-order valence-electron chi connectivity index (χ0n) is 11.4. The second kappa shape index (κ2) is 4.74. The number of ether oxygens (including phenoxy) is 2. The van der Waals surface area contributed by atoms with Gasteiger partial charge in [0.05, 0.1) is 7.11 Å². The van der Waals surface area contributed by atoms with Crippen molar-refractivity contribution in [2.75, 3.05) is 7.11 Å². The molecule has 0 aliphatic heterocycles. The average molecular weight is 279 g/mol. The monoisotopic (exact) mass is 279 g/mol. The molecule has 102 valence electrons. The molecule has 0 saturated heterocycles. The first-order valence-corrected chi connectivity index (χ1v) is 6.73. The van der Waals surface area contributed by atoms with Crippen LogP contribution < -0.4 is 15.2 Å². The molecule has 0 radical (unpaired) electrons. The summed E-state index contributed by atoms with van der Waals surface area (Å²) in [5.41, 5.74) is 5.03. The number of hydrogen-bond acceptors (Lipinski definition) is 4. The van der Waals surface area contributed by atoms with E-state index in [1.807, 2.05) is 39.0 Å².